The summed E-state index contributed by atoms with van der Waals surface area (Å²) in [4.78, 5) is 31.2. The molecule has 10 heteroatoms. The minimum Gasteiger partial charge on any atom is -0.461 e. The lowest BCUT2D eigenvalue weighted by molar-refractivity contribution is -0.127. The molecule has 8 nitrogen and oxygen atoms in total. The first-order chi connectivity index (χ1) is 21.3. The van der Waals surface area contributed by atoms with Gasteiger partial charge < -0.3 is 19.4 Å². The molecule has 0 saturated carbocycles. The normalized spacial score (nSPS) is 25.2. The molecule has 4 aliphatic rings. The molecular weight excluding hydrogens is 579 g/mol. The van der Waals surface area contributed by atoms with Crippen LogP contribution in [0.5, 0.6) is 6.01 Å². The SMILES string of the molecule is C=CC(=O)N1CCC[C@@H](N(C)c2nc(OC[C@@]34CCCN3C[C@H](F)C4)nc3c2CCN(c2cccc4cccc(Cl)c24)C3)C1. The molecule has 1 amide bonds. The zero-order chi connectivity index (χ0) is 30.4. The largest absolute Gasteiger partial charge is 0.461 e. The summed E-state index contributed by atoms with van der Waals surface area (Å²) in [6.07, 6.45) is 5.70. The van der Waals surface area contributed by atoms with E-state index in [2.05, 4.69) is 52.6 Å². The monoisotopic (exact) mass is 618 g/mol. The number of hydrogen-bond acceptors (Lipinski definition) is 7. The van der Waals surface area contributed by atoms with Gasteiger partial charge in [0.2, 0.25) is 5.91 Å². The molecule has 2 aromatic carbocycles. The number of nitrogens with zero attached hydrogens (tertiary/aromatic N) is 6. The molecular formula is C34H40ClFN6O2. The third kappa shape index (κ3) is 5.28. The topological polar surface area (TPSA) is 65.0 Å². The Balaban J connectivity index is 1.22. The van der Waals surface area contributed by atoms with Crippen LogP contribution in [0.15, 0.2) is 49.1 Å². The zero-order valence-electron chi connectivity index (χ0n) is 25.4. The Kier molecular flexibility index (Phi) is 7.87. The van der Waals surface area contributed by atoms with E-state index in [1.54, 1.807) is 0 Å². The highest BCUT2D eigenvalue weighted by Gasteiger charge is 2.49. The second-order valence-electron chi connectivity index (χ2n) is 12.8. The number of halogens is 2. The van der Waals surface area contributed by atoms with Gasteiger partial charge in [0.1, 0.15) is 18.6 Å². The molecule has 0 unspecified atom stereocenters. The Morgan fingerprint density at radius 1 is 1.18 bits per heavy atom. The highest BCUT2D eigenvalue weighted by Crippen LogP contribution is 2.41. The van der Waals surface area contributed by atoms with Gasteiger partial charge in [-0.2, -0.15) is 9.97 Å². The van der Waals surface area contributed by atoms with Crippen LogP contribution in [0, 0.1) is 0 Å². The van der Waals surface area contributed by atoms with E-state index in [1.807, 2.05) is 17.0 Å². The lowest BCUT2D eigenvalue weighted by atomic mass is 9.95. The molecule has 232 valence electrons. The molecule has 44 heavy (non-hydrogen) atoms. The zero-order valence-corrected chi connectivity index (χ0v) is 26.1. The van der Waals surface area contributed by atoms with Gasteiger partial charge in [-0.3, -0.25) is 9.69 Å². The number of carbonyl (C=O) groups is 1. The van der Waals surface area contributed by atoms with Crippen molar-refractivity contribution in [3.8, 4) is 6.01 Å². The first kappa shape index (κ1) is 29.3. The van der Waals surface area contributed by atoms with Crippen LogP contribution in [-0.4, -0.2) is 89.8 Å². The summed E-state index contributed by atoms with van der Waals surface area (Å²) in [5.41, 5.74) is 2.84. The first-order valence-electron chi connectivity index (χ1n) is 15.8. The fraction of sp³-hybridized carbons (Fsp3) is 0.500. The van der Waals surface area contributed by atoms with E-state index in [0.29, 0.717) is 38.7 Å². The number of aromatic nitrogens is 2. The Bertz CT molecular complexity index is 1580. The first-order valence-corrected chi connectivity index (χ1v) is 16.2. The molecule has 0 N–H and O–H groups in total. The predicted molar refractivity (Wildman–Crippen MR) is 172 cm³/mol. The summed E-state index contributed by atoms with van der Waals surface area (Å²) >= 11 is 6.72. The molecule has 3 aromatic rings. The number of rotatable bonds is 7. The maximum Gasteiger partial charge on any atom is 0.318 e. The van der Waals surface area contributed by atoms with Crippen molar-refractivity contribution >= 4 is 39.8 Å². The molecule has 5 heterocycles. The van der Waals surface area contributed by atoms with Crippen LogP contribution in [0.2, 0.25) is 5.02 Å². The van der Waals surface area contributed by atoms with Crippen molar-refractivity contribution in [2.45, 2.75) is 62.8 Å². The third-order valence-electron chi connectivity index (χ3n) is 10.2. The van der Waals surface area contributed by atoms with Gasteiger partial charge in [0, 0.05) is 62.3 Å². The summed E-state index contributed by atoms with van der Waals surface area (Å²) in [6, 6.07) is 12.7. The van der Waals surface area contributed by atoms with Gasteiger partial charge in [-0.15, -0.1) is 0 Å². The molecule has 0 spiro atoms. The van der Waals surface area contributed by atoms with Gasteiger partial charge in [-0.05, 0) is 62.2 Å². The molecule has 3 saturated heterocycles. The summed E-state index contributed by atoms with van der Waals surface area (Å²) in [6.45, 7) is 8.20. The average molecular weight is 619 g/mol. The number of likely N-dealkylation sites (N-methyl/N-ethyl adjacent to an activating group) is 1. The number of ether oxygens (including phenoxy) is 1. The van der Waals surface area contributed by atoms with Crippen molar-refractivity contribution in [1.82, 2.24) is 19.8 Å². The van der Waals surface area contributed by atoms with Crippen LogP contribution >= 0.6 is 11.6 Å². The van der Waals surface area contributed by atoms with Crippen molar-refractivity contribution in [2.24, 2.45) is 0 Å². The number of hydrogen-bond donors (Lipinski definition) is 0. The number of fused-ring (bicyclic) bond motifs is 3. The Labute approximate surface area is 263 Å². The summed E-state index contributed by atoms with van der Waals surface area (Å²) in [7, 11) is 2.07. The number of amides is 1. The van der Waals surface area contributed by atoms with Crippen molar-refractivity contribution in [3.05, 3.63) is 65.3 Å². The van der Waals surface area contributed by atoms with E-state index in [9.17, 15) is 9.18 Å². The van der Waals surface area contributed by atoms with Crippen LogP contribution in [0.25, 0.3) is 10.8 Å². The minimum atomic E-state index is -0.821. The maximum atomic E-state index is 14.5. The Morgan fingerprint density at radius 2 is 2.02 bits per heavy atom. The third-order valence-corrected chi connectivity index (χ3v) is 10.5. The maximum absolute atomic E-state index is 14.5. The van der Waals surface area contributed by atoms with E-state index in [1.165, 1.54) is 6.08 Å². The molecule has 7 rings (SSSR count). The fourth-order valence-corrected chi connectivity index (χ4v) is 8.19. The summed E-state index contributed by atoms with van der Waals surface area (Å²) in [5.74, 6) is 0.818. The van der Waals surface area contributed by atoms with Crippen molar-refractivity contribution < 1.29 is 13.9 Å². The second-order valence-corrected chi connectivity index (χ2v) is 13.2. The molecule has 0 bridgehead atoms. The minimum absolute atomic E-state index is 0.0377. The smallest absolute Gasteiger partial charge is 0.318 e. The van der Waals surface area contributed by atoms with Crippen LogP contribution < -0.4 is 14.5 Å². The van der Waals surface area contributed by atoms with Crippen LogP contribution in [-0.2, 0) is 17.8 Å². The van der Waals surface area contributed by atoms with Gasteiger partial charge in [0.05, 0.1) is 22.8 Å². The van der Waals surface area contributed by atoms with Gasteiger partial charge in [0.25, 0.3) is 0 Å². The molecule has 1 aromatic heterocycles. The quantitative estimate of drug-likeness (QED) is 0.328. The number of benzene rings is 2. The van der Waals surface area contributed by atoms with Crippen molar-refractivity contribution in [2.75, 3.05) is 56.2 Å². The standard InChI is InChI=1S/C34H40ClFN6O2/c1-3-30(43)41-15-6-10-25(20-41)39(2)32-26-13-17-40(29-12-5-9-23-8-4-11-27(35)31(23)29)21-28(26)37-33(38-32)44-22-34-14-7-16-42(34)19-24(36)18-34/h3-5,8-9,11-12,24-25H,1,6-7,10,13-22H2,2H3/t24-,25-,34+/m1/s1. The molecule has 0 aliphatic carbocycles. The van der Waals surface area contributed by atoms with Crippen molar-refractivity contribution in [3.63, 3.8) is 0 Å². The van der Waals surface area contributed by atoms with Gasteiger partial charge in [-0.1, -0.05) is 42.4 Å². The number of carbonyl (C=O) groups excluding carboxylic acids is 1. The molecule has 3 atom stereocenters. The number of alkyl halides is 1. The second kappa shape index (κ2) is 11.8. The predicted octanol–water partition coefficient (Wildman–Crippen LogP) is 5.41. The van der Waals surface area contributed by atoms with Gasteiger partial charge in [-0.25, -0.2) is 4.39 Å². The Hall–Kier alpha value is -3.43. The van der Waals surface area contributed by atoms with E-state index in [0.717, 1.165) is 90.3 Å². The fourth-order valence-electron chi connectivity index (χ4n) is 7.91. The van der Waals surface area contributed by atoms with Gasteiger partial charge in [0.15, 0.2) is 0 Å². The van der Waals surface area contributed by atoms with E-state index in [-0.39, 0.29) is 17.5 Å². The van der Waals surface area contributed by atoms with E-state index in [4.69, 9.17) is 26.3 Å². The number of anilines is 2. The molecule has 3 fully saturated rings. The molecule has 0 radical (unpaired) electrons. The molecule has 4 aliphatic heterocycles. The summed E-state index contributed by atoms with van der Waals surface area (Å²) < 4.78 is 20.9. The average Bonchev–Trinajstić information content (AvgIpc) is 3.58. The van der Waals surface area contributed by atoms with Crippen LogP contribution in [0.1, 0.15) is 43.4 Å². The van der Waals surface area contributed by atoms with E-state index < -0.39 is 6.17 Å². The van der Waals surface area contributed by atoms with Crippen LogP contribution in [0.4, 0.5) is 15.9 Å². The highest BCUT2D eigenvalue weighted by molar-refractivity contribution is 6.36. The summed E-state index contributed by atoms with van der Waals surface area (Å²) in [5, 5.41) is 2.88. The number of piperidine rings is 1. The lowest BCUT2D eigenvalue weighted by Gasteiger charge is -2.40. The van der Waals surface area contributed by atoms with Gasteiger partial charge >= 0.3 is 6.01 Å². The number of likely N-dealkylation sites (tertiary alicyclic amines) is 1. The lowest BCUT2D eigenvalue weighted by Crippen LogP contribution is -2.49. The van der Waals surface area contributed by atoms with E-state index >= 15 is 0 Å². The Morgan fingerprint density at radius 3 is 2.86 bits per heavy atom. The van der Waals surface area contributed by atoms with Crippen LogP contribution in [0.3, 0.4) is 0 Å². The highest BCUT2D eigenvalue weighted by atomic mass is 35.5. The van der Waals surface area contributed by atoms with Crippen molar-refractivity contribution in [1.29, 1.82) is 0 Å².